The molecule has 0 amide bonds. The van der Waals surface area contributed by atoms with Crippen molar-refractivity contribution in [2.24, 2.45) is 0 Å². The third-order valence-electron chi connectivity index (χ3n) is 3.13. The lowest BCUT2D eigenvalue weighted by atomic mass is 10.0. The normalized spacial score (nSPS) is 14.1. The fourth-order valence-corrected chi connectivity index (χ4v) is 2.24. The minimum absolute atomic E-state index is 0.164. The summed E-state index contributed by atoms with van der Waals surface area (Å²) in [7, 11) is 0. The minimum Gasteiger partial charge on any atom is -0.200 e. The van der Waals surface area contributed by atoms with Gasteiger partial charge in [-0.2, -0.15) is 8.97 Å². The summed E-state index contributed by atoms with van der Waals surface area (Å²) >= 11 is 0. The van der Waals surface area contributed by atoms with Crippen LogP contribution in [0.2, 0.25) is 0 Å². The van der Waals surface area contributed by atoms with Crippen molar-refractivity contribution < 1.29 is 8.97 Å². The highest BCUT2D eigenvalue weighted by Crippen LogP contribution is 2.20. The van der Waals surface area contributed by atoms with E-state index in [2.05, 4.69) is 12.1 Å². The molecule has 0 aromatic heterocycles. The number of para-hydroxylation sites is 1. The average molecular weight is 226 g/mol. The van der Waals surface area contributed by atoms with Crippen LogP contribution in [0.5, 0.6) is 0 Å². The van der Waals surface area contributed by atoms with Crippen molar-refractivity contribution in [1.82, 2.24) is 0 Å². The van der Waals surface area contributed by atoms with E-state index in [0.717, 1.165) is 13.0 Å². The van der Waals surface area contributed by atoms with Gasteiger partial charge in [0.05, 0.1) is 0 Å². The summed E-state index contributed by atoms with van der Waals surface area (Å²) in [6.07, 6.45) is 2.98. The second kappa shape index (κ2) is 4.13. The Hall–Kier alpha value is -1.96. The molecule has 0 spiro atoms. The number of fused-ring (bicyclic) bond motifs is 1. The van der Waals surface area contributed by atoms with Crippen molar-refractivity contribution in [2.75, 3.05) is 6.54 Å². The molecule has 3 rings (SSSR count). The number of benzene rings is 2. The molecular weight excluding hydrogens is 213 g/mol. The Morgan fingerprint density at radius 1 is 0.941 bits per heavy atom. The van der Waals surface area contributed by atoms with Gasteiger partial charge in [-0.3, -0.25) is 0 Å². The number of rotatable bonds is 1. The summed E-state index contributed by atoms with van der Waals surface area (Å²) in [5.41, 5.74) is 3.17. The van der Waals surface area contributed by atoms with E-state index in [4.69, 9.17) is 0 Å². The highest BCUT2D eigenvalue weighted by Gasteiger charge is 2.19. The van der Waals surface area contributed by atoms with Gasteiger partial charge in [-0.1, -0.05) is 30.3 Å². The number of hydrogen-bond donors (Lipinski definition) is 0. The molecule has 0 saturated carbocycles. The summed E-state index contributed by atoms with van der Waals surface area (Å²) in [6.45, 7) is 0.831. The zero-order valence-electron chi connectivity index (χ0n) is 9.44. The second-order valence-electron chi connectivity index (χ2n) is 4.22. The molecule has 2 aromatic rings. The van der Waals surface area contributed by atoms with Crippen LogP contribution in [0.1, 0.15) is 11.1 Å². The van der Waals surface area contributed by atoms with Gasteiger partial charge in [-0.25, -0.2) is 0 Å². The standard InChI is InChI=1S/C15H13FN/c16-14-7-3-4-8-15(14)17-10-9-12-5-1-2-6-13(12)11-17/h1-8,11H,9-10H2/q+1. The molecular formula is C15H13FN+. The van der Waals surface area contributed by atoms with E-state index in [1.807, 2.05) is 35.1 Å². The first kappa shape index (κ1) is 10.2. The fraction of sp³-hybridized carbons (Fsp3) is 0.133. The molecule has 1 aliphatic rings. The molecule has 17 heavy (non-hydrogen) atoms. The monoisotopic (exact) mass is 226 g/mol. The van der Waals surface area contributed by atoms with E-state index in [0.29, 0.717) is 5.69 Å². The van der Waals surface area contributed by atoms with Crippen molar-refractivity contribution in [3.8, 4) is 0 Å². The lowest BCUT2D eigenvalue weighted by Gasteiger charge is -2.11. The van der Waals surface area contributed by atoms with Crippen molar-refractivity contribution >= 4 is 11.9 Å². The maximum atomic E-state index is 13.7. The second-order valence-corrected chi connectivity index (χ2v) is 4.22. The Morgan fingerprint density at radius 3 is 2.59 bits per heavy atom. The zero-order chi connectivity index (χ0) is 11.7. The van der Waals surface area contributed by atoms with E-state index in [-0.39, 0.29) is 5.82 Å². The molecule has 0 N–H and O–H groups in total. The van der Waals surface area contributed by atoms with Crippen LogP contribution in [0.3, 0.4) is 0 Å². The van der Waals surface area contributed by atoms with Gasteiger partial charge in [0.25, 0.3) is 0 Å². The maximum Gasteiger partial charge on any atom is 0.241 e. The van der Waals surface area contributed by atoms with Crippen LogP contribution in [0.15, 0.2) is 48.5 Å². The van der Waals surface area contributed by atoms with Crippen LogP contribution in [-0.2, 0) is 6.42 Å². The third-order valence-corrected chi connectivity index (χ3v) is 3.13. The first-order valence-electron chi connectivity index (χ1n) is 5.78. The SMILES string of the molecule is Fc1ccccc1[N+]1=Cc2ccccc2CC1. The smallest absolute Gasteiger partial charge is 0.200 e. The van der Waals surface area contributed by atoms with Gasteiger partial charge in [0, 0.05) is 18.1 Å². The van der Waals surface area contributed by atoms with Crippen LogP contribution < -0.4 is 0 Å². The molecule has 0 bridgehead atoms. The highest BCUT2D eigenvalue weighted by molar-refractivity contribution is 5.79. The molecule has 84 valence electrons. The summed E-state index contributed by atoms with van der Waals surface area (Å²) < 4.78 is 15.7. The van der Waals surface area contributed by atoms with Gasteiger partial charge >= 0.3 is 0 Å². The van der Waals surface area contributed by atoms with Gasteiger partial charge in [0.2, 0.25) is 5.69 Å². The summed E-state index contributed by atoms with van der Waals surface area (Å²) in [5.74, 6) is -0.164. The highest BCUT2D eigenvalue weighted by atomic mass is 19.1. The number of halogens is 1. The first-order chi connectivity index (χ1) is 8.34. The quantitative estimate of drug-likeness (QED) is 0.657. The van der Waals surface area contributed by atoms with Crippen molar-refractivity contribution in [3.63, 3.8) is 0 Å². The largest absolute Gasteiger partial charge is 0.241 e. The van der Waals surface area contributed by atoms with Crippen LogP contribution in [0.4, 0.5) is 10.1 Å². The summed E-state index contributed by atoms with van der Waals surface area (Å²) in [6, 6.07) is 15.2. The Morgan fingerprint density at radius 2 is 1.71 bits per heavy atom. The molecule has 2 heteroatoms. The Kier molecular flexibility index (Phi) is 2.48. The Bertz CT molecular complexity index is 587. The van der Waals surface area contributed by atoms with E-state index in [9.17, 15) is 4.39 Å². The van der Waals surface area contributed by atoms with Gasteiger partial charge in [0.1, 0.15) is 0 Å². The van der Waals surface area contributed by atoms with Crippen molar-refractivity contribution in [3.05, 3.63) is 65.5 Å². The van der Waals surface area contributed by atoms with Crippen LogP contribution in [0.25, 0.3) is 0 Å². The topological polar surface area (TPSA) is 3.01 Å². The number of nitrogens with zero attached hydrogens (tertiary/aromatic N) is 1. The molecule has 0 radical (unpaired) electrons. The average Bonchev–Trinajstić information content (AvgIpc) is 2.39. The van der Waals surface area contributed by atoms with Gasteiger partial charge in [-0.05, 0) is 17.7 Å². The third kappa shape index (κ3) is 1.86. The molecule has 0 fully saturated rings. The Labute approximate surface area is 99.8 Å². The van der Waals surface area contributed by atoms with Crippen molar-refractivity contribution in [2.45, 2.75) is 6.42 Å². The number of hydrogen-bond acceptors (Lipinski definition) is 0. The van der Waals surface area contributed by atoms with Crippen LogP contribution >= 0.6 is 0 Å². The Balaban J connectivity index is 2.08. The molecule has 0 saturated heterocycles. The van der Waals surface area contributed by atoms with Crippen LogP contribution in [0, 0.1) is 5.82 Å². The molecule has 0 aliphatic carbocycles. The summed E-state index contributed by atoms with van der Waals surface area (Å²) in [4.78, 5) is 0. The predicted octanol–water partition coefficient (Wildman–Crippen LogP) is 3.14. The van der Waals surface area contributed by atoms with E-state index in [1.54, 1.807) is 6.07 Å². The minimum atomic E-state index is -0.164. The zero-order valence-corrected chi connectivity index (χ0v) is 9.44. The predicted molar refractivity (Wildman–Crippen MR) is 66.5 cm³/mol. The molecule has 1 aliphatic heterocycles. The lowest BCUT2D eigenvalue weighted by molar-refractivity contribution is -0.438. The first-order valence-corrected chi connectivity index (χ1v) is 5.78. The van der Waals surface area contributed by atoms with E-state index >= 15 is 0 Å². The van der Waals surface area contributed by atoms with E-state index in [1.165, 1.54) is 17.2 Å². The lowest BCUT2D eigenvalue weighted by Crippen LogP contribution is -2.19. The fourth-order valence-electron chi connectivity index (χ4n) is 2.24. The molecule has 1 nitrogen and oxygen atoms in total. The molecule has 0 unspecified atom stereocenters. The van der Waals surface area contributed by atoms with Gasteiger partial charge < -0.3 is 0 Å². The van der Waals surface area contributed by atoms with Gasteiger partial charge in [0.15, 0.2) is 18.6 Å². The molecule has 2 aromatic carbocycles. The molecule has 1 heterocycles. The van der Waals surface area contributed by atoms with Crippen molar-refractivity contribution in [1.29, 1.82) is 0 Å². The van der Waals surface area contributed by atoms with Gasteiger partial charge in [-0.15, -0.1) is 0 Å². The molecule has 0 atom stereocenters. The van der Waals surface area contributed by atoms with Crippen LogP contribution in [-0.4, -0.2) is 17.3 Å². The van der Waals surface area contributed by atoms with E-state index < -0.39 is 0 Å². The summed E-state index contributed by atoms with van der Waals surface area (Å²) in [5, 5.41) is 0. The maximum absolute atomic E-state index is 13.7.